The van der Waals surface area contributed by atoms with Gasteiger partial charge in [0.1, 0.15) is 5.75 Å². The van der Waals surface area contributed by atoms with Crippen molar-refractivity contribution < 1.29 is 14.6 Å². The molecule has 5 heteroatoms. The zero-order chi connectivity index (χ0) is 22.5. The highest BCUT2D eigenvalue weighted by Crippen LogP contribution is 2.32. The molecule has 1 fully saturated rings. The van der Waals surface area contributed by atoms with Crippen LogP contribution in [0.1, 0.15) is 47.2 Å². The summed E-state index contributed by atoms with van der Waals surface area (Å²) in [6.45, 7) is 0. The SMILES string of the molecule is COc1ccccc1Cc1ccccc1-c1ccc(C(N)=O)c(N[C@H]2CC[C@H](O)CC2)c1. The van der Waals surface area contributed by atoms with Gasteiger partial charge in [-0.25, -0.2) is 0 Å². The van der Waals surface area contributed by atoms with Crippen LogP contribution < -0.4 is 15.8 Å². The van der Waals surface area contributed by atoms with Gasteiger partial charge >= 0.3 is 0 Å². The van der Waals surface area contributed by atoms with Crippen molar-refractivity contribution in [2.24, 2.45) is 5.73 Å². The van der Waals surface area contributed by atoms with E-state index >= 15 is 0 Å². The number of aliphatic hydroxyl groups excluding tert-OH is 1. The largest absolute Gasteiger partial charge is 0.496 e. The van der Waals surface area contributed by atoms with Crippen molar-refractivity contribution >= 4 is 11.6 Å². The molecule has 4 N–H and O–H groups in total. The summed E-state index contributed by atoms with van der Waals surface area (Å²) in [6, 6.07) is 22.3. The molecule has 0 aromatic heterocycles. The Morgan fingerprint density at radius 3 is 2.41 bits per heavy atom. The number of carbonyl (C=O) groups is 1. The lowest BCUT2D eigenvalue weighted by Gasteiger charge is -2.28. The van der Waals surface area contributed by atoms with E-state index in [0.717, 1.165) is 60.2 Å². The Balaban J connectivity index is 1.67. The van der Waals surface area contributed by atoms with Crippen molar-refractivity contribution in [2.75, 3.05) is 12.4 Å². The fraction of sp³-hybridized carbons (Fsp3) is 0.296. The van der Waals surface area contributed by atoms with E-state index in [2.05, 4.69) is 23.5 Å². The van der Waals surface area contributed by atoms with Crippen LogP contribution in [0, 0.1) is 0 Å². The van der Waals surface area contributed by atoms with Gasteiger partial charge < -0.3 is 20.9 Å². The summed E-state index contributed by atoms with van der Waals surface area (Å²) in [7, 11) is 1.69. The molecule has 1 aliphatic carbocycles. The predicted molar refractivity (Wildman–Crippen MR) is 128 cm³/mol. The quantitative estimate of drug-likeness (QED) is 0.504. The molecule has 5 nitrogen and oxygen atoms in total. The topological polar surface area (TPSA) is 84.6 Å². The van der Waals surface area contributed by atoms with Crippen LogP contribution in [0.25, 0.3) is 11.1 Å². The maximum atomic E-state index is 12.1. The van der Waals surface area contributed by atoms with Gasteiger partial charge in [0.15, 0.2) is 0 Å². The van der Waals surface area contributed by atoms with Gasteiger partial charge in [-0.2, -0.15) is 0 Å². The van der Waals surface area contributed by atoms with Crippen LogP contribution in [0.4, 0.5) is 5.69 Å². The number of methoxy groups -OCH3 is 1. The summed E-state index contributed by atoms with van der Waals surface area (Å²) in [6.07, 6.45) is 3.79. The number of carbonyl (C=O) groups excluding carboxylic acids is 1. The lowest BCUT2D eigenvalue weighted by molar-refractivity contribution is 0.100. The third kappa shape index (κ3) is 4.94. The molecule has 0 unspecified atom stereocenters. The Labute approximate surface area is 189 Å². The van der Waals surface area contributed by atoms with E-state index in [0.29, 0.717) is 5.56 Å². The number of anilines is 1. The summed E-state index contributed by atoms with van der Waals surface area (Å²) in [5.41, 5.74) is 11.3. The van der Waals surface area contributed by atoms with E-state index in [1.807, 2.05) is 42.5 Å². The average Bonchev–Trinajstić information content (AvgIpc) is 2.81. The standard InChI is InChI=1S/C27H30N2O3/c1-32-26-9-5-3-7-20(26)16-18-6-2-4-8-23(18)19-10-15-24(27(28)31)25(17-19)29-21-11-13-22(30)14-12-21/h2-10,15,17,21-22,29-30H,11-14,16H2,1H3,(H2,28,31)/t21-,22-. The van der Waals surface area contributed by atoms with Gasteiger partial charge in [-0.1, -0.05) is 48.5 Å². The number of benzene rings is 3. The molecule has 0 bridgehead atoms. The number of hydrogen-bond acceptors (Lipinski definition) is 4. The van der Waals surface area contributed by atoms with E-state index in [1.54, 1.807) is 13.2 Å². The van der Waals surface area contributed by atoms with Crippen LogP contribution in [0.3, 0.4) is 0 Å². The van der Waals surface area contributed by atoms with E-state index in [9.17, 15) is 9.90 Å². The van der Waals surface area contributed by atoms with Crippen molar-refractivity contribution in [2.45, 2.75) is 44.2 Å². The maximum Gasteiger partial charge on any atom is 0.250 e. The van der Waals surface area contributed by atoms with Gasteiger partial charge in [0.2, 0.25) is 0 Å². The predicted octanol–water partition coefficient (Wildman–Crippen LogP) is 4.77. The van der Waals surface area contributed by atoms with Gasteiger partial charge in [-0.3, -0.25) is 4.79 Å². The highest BCUT2D eigenvalue weighted by Gasteiger charge is 2.21. The van der Waals surface area contributed by atoms with Gasteiger partial charge in [0.25, 0.3) is 5.91 Å². The summed E-state index contributed by atoms with van der Waals surface area (Å²) in [5.74, 6) is 0.422. The smallest absolute Gasteiger partial charge is 0.250 e. The molecular weight excluding hydrogens is 400 g/mol. The number of amides is 1. The molecule has 166 valence electrons. The van der Waals surface area contributed by atoms with Crippen molar-refractivity contribution in [3.05, 3.63) is 83.4 Å². The summed E-state index contributed by atoms with van der Waals surface area (Å²) in [5, 5.41) is 13.3. The highest BCUT2D eigenvalue weighted by molar-refractivity contribution is 5.99. The van der Waals surface area contributed by atoms with E-state index in [-0.39, 0.29) is 12.1 Å². The minimum absolute atomic E-state index is 0.218. The zero-order valence-corrected chi connectivity index (χ0v) is 18.4. The van der Waals surface area contributed by atoms with Crippen LogP contribution in [-0.4, -0.2) is 30.3 Å². The number of rotatable bonds is 7. The maximum absolute atomic E-state index is 12.1. The Morgan fingerprint density at radius 1 is 1.00 bits per heavy atom. The molecule has 1 aliphatic rings. The monoisotopic (exact) mass is 430 g/mol. The molecule has 3 aromatic carbocycles. The molecule has 0 radical (unpaired) electrons. The fourth-order valence-electron chi connectivity index (χ4n) is 4.50. The summed E-state index contributed by atoms with van der Waals surface area (Å²) >= 11 is 0. The first-order chi connectivity index (χ1) is 15.5. The number of nitrogens with one attached hydrogen (secondary N) is 1. The van der Waals surface area contributed by atoms with Crippen LogP contribution in [0.2, 0.25) is 0 Å². The highest BCUT2D eigenvalue weighted by atomic mass is 16.5. The molecule has 32 heavy (non-hydrogen) atoms. The van der Waals surface area contributed by atoms with E-state index in [4.69, 9.17) is 10.5 Å². The molecule has 0 spiro atoms. The van der Waals surface area contributed by atoms with Crippen molar-refractivity contribution in [1.82, 2.24) is 0 Å². The third-order valence-electron chi connectivity index (χ3n) is 6.24. The fourth-order valence-corrected chi connectivity index (χ4v) is 4.50. The van der Waals surface area contributed by atoms with Crippen LogP contribution in [-0.2, 0) is 6.42 Å². The lowest BCUT2D eigenvalue weighted by atomic mass is 9.91. The molecule has 0 atom stereocenters. The second-order valence-electron chi connectivity index (χ2n) is 8.42. The van der Waals surface area contributed by atoms with Crippen LogP contribution in [0.5, 0.6) is 5.75 Å². The molecule has 3 aromatic rings. The second kappa shape index (κ2) is 9.88. The lowest BCUT2D eigenvalue weighted by Crippen LogP contribution is -2.29. The van der Waals surface area contributed by atoms with Gasteiger partial charge in [-0.05, 0) is 66.1 Å². The molecular formula is C27H30N2O3. The van der Waals surface area contributed by atoms with Crippen molar-refractivity contribution in [1.29, 1.82) is 0 Å². The summed E-state index contributed by atoms with van der Waals surface area (Å²) in [4.78, 5) is 12.1. The number of aliphatic hydroxyl groups is 1. The van der Waals surface area contributed by atoms with Gasteiger partial charge in [-0.15, -0.1) is 0 Å². The second-order valence-corrected chi connectivity index (χ2v) is 8.42. The minimum atomic E-state index is -0.447. The van der Waals surface area contributed by atoms with Crippen LogP contribution >= 0.6 is 0 Å². The van der Waals surface area contributed by atoms with Crippen LogP contribution in [0.15, 0.2) is 66.7 Å². The Hall–Kier alpha value is -3.31. The van der Waals surface area contributed by atoms with Crippen molar-refractivity contribution in [3.63, 3.8) is 0 Å². The minimum Gasteiger partial charge on any atom is -0.496 e. The summed E-state index contributed by atoms with van der Waals surface area (Å²) < 4.78 is 5.54. The van der Waals surface area contributed by atoms with Crippen molar-refractivity contribution in [3.8, 4) is 16.9 Å². The van der Waals surface area contributed by atoms with E-state index in [1.165, 1.54) is 5.56 Å². The molecule has 1 saturated carbocycles. The normalized spacial score (nSPS) is 18.2. The number of primary amides is 1. The Morgan fingerprint density at radius 2 is 1.69 bits per heavy atom. The Kier molecular flexibility index (Phi) is 6.76. The Bertz CT molecular complexity index is 1090. The van der Waals surface area contributed by atoms with E-state index < -0.39 is 5.91 Å². The number of ether oxygens (including phenoxy) is 1. The van der Waals surface area contributed by atoms with Gasteiger partial charge in [0.05, 0.1) is 18.8 Å². The van der Waals surface area contributed by atoms with Gasteiger partial charge in [0, 0.05) is 18.2 Å². The first kappa shape index (κ1) is 21.9. The number of para-hydroxylation sites is 1. The third-order valence-corrected chi connectivity index (χ3v) is 6.24. The number of nitrogens with two attached hydrogens (primary N) is 1. The first-order valence-electron chi connectivity index (χ1n) is 11.1. The molecule has 0 aliphatic heterocycles. The molecule has 0 heterocycles. The molecule has 0 saturated heterocycles. The first-order valence-corrected chi connectivity index (χ1v) is 11.1. The zero-order valence-electron chi connectivity index (χ0n) is 18.4. The average molecular weight is 431 g/mol. The molecule has 4 rings (SSSR count). The number of hydrogen-bond donors (Lipinski definition) is 3. The molecule has 1 amide bonds.